The first-order valence-corrected chi connectivity index (χ1v) is 9.97. The van der Waals surface area contributed by atoms with E-state index in [1.165, 1.54) is 5.56 Å². The van der Waals surface area contributed by atoms with E-state index in [4.69, 9.17) is 4.98 Å². The van der Waals surface area contributed by atoms with Crippen LogP contribution >= 0.6 is 0 Å². The van der Waals surface area contributed by atoms with Crippen LogP contribution in [-0.2, 0) is 0 Å². The topological polar surface area (TPSA) is 43.6 Å². The Bertz CT molecular complexity index is 1530. The zero-order valence-corrected chi connectivity index (χ0v) is 16.4. The molecule has 0 radical (unpaired) electrons. The Morgan fingerprint density at radius 2 is 1.30 bits per heavy atom. The van der Waals surface area contributed by atoms with Crippen molar-refractivity contribution in [3.63, 3.8) is 0 Å². The molecule has 0 bridgehead atoms. The Balaban J connectivity index is 1.87. The monoisotopic (exact) mass is 386 g/mol. The van der Waals surface area contributed by atoms with Gasteiger partial charge >= 0.3 is 0 Å². The van der Waals surface area contributed by atoms with Crippen molar-refractivity contribution >= 4 is 32.8 Å². The summed E-state index contributed by atoms with van der Waals surface area (Å²) in [7, 11) is 0. The Hall–Kier alpha value is -4.05. The molecule has 6 aromatic rings. The summed E-state index contributed by atoms with van der Waals surface area (Å²) >= 11 is 0. The molecule has 4 heteroatoms. The summed E-state index contributed by atoms with van der Waals surface area (Å²) in [6.45, 7) is 2.10. The van der Waals surface area contributed by atoms with E-state index in [2.05, 4.69) is 70.0 Å². The molecule has 0 aliphatic heterocycles. The third-order valence-corrected chi connectivity index (χ3v) is 5.55. The van der Waals surface area contributed by atoms with E-state index in [1.54, 1.807) is 0 Å². The number of aryl methyl sites for hydroxylation is 1. The summed E-state index contributed by atoms with van der Waals surface area (Å²) in [5, 5.41) is 2.07. The standard InChI is InChI=1S/C26H18N4/c1-17-11-13-19(14-12-17)30-25-21-10-6-16-28-23(21)22-20(9-5-15-27-22)24(25)29-26(30)18-7-3-2-4-8-18/h2-16H,1H3. The second-order valence-corrected chi connectivity index (χ2v) is 7.47. The van der Waals surface area contributed by atoms with E-state index in [-0.39, 0.29) is 0 Å². The van der Waals surface area contributed by atoms with Crippen LogP contribution in [0.15, 0.2) is 91.3 Å². The first-order valence-electron chi connectivity index (χ1n) is 9.97. The van der Waals surface area contributed by atoms with Gasteiger partial charge in [-0.05, 0) is 43.3 Å². The van der Waals surface area contributed by atoms with E-state index >= 15 is 0 Å². The van der Waals surface area contributed by atoms with Gasteiger partial charge in [0.05, 0.1) is 22.1 Å². The summed E-state index contributed by atoms with van der Waals surface area (Å²) < 4.78 is 2.25. The highest BCUT2D eigenvalue weighted by Crippen LogP contribution is 2.37. The van der Waals surface area contributed by atoms with Gasteiger partial charge in [-0.1, -0.05) is 48.0 Å². The molecule has 0 spiro atoms. The van der Waals surface area contributed by atoms with Crippen LogP contribution in [0, 0.1) is 6.92 Å². The minimum Gasteiger partial charge on any atom is -0.292 e. The molecule has 142 valence electrons. The van der Waals surface area contributed by atoms with E-state index in [0.29, 0.717) is 0 Å². The Morgan fingerprint density at radius 1 is 0.633 bits per heavy atom. The maximum absolute atomic E-state index is 5.16. The fraction of sp³-hybridized carbons (Fsp3) is 0.0385. The van der Waals surface area contributed by atoms with Gasteiger partial charge in [-0.2, -0.15) is 0 Å². The predicted molar refractivity (Wildman–Crippen MR) is 122 cm³/mol. The summed E-state index contributed by atoms with van der Waals surface area (Å²) in [4.78, 5) is 14.5. The van der Waals surface area contributed by atoms with Gasteiger partial charge in [-0.25, -0.2) is 4.98 Å². The lowest BCUT2D eigenvalue weighted by molar-refractivity contribution is 1.10. The molecular formula is C26H18N4. The number of aromatic nitrogens is 4. The van der Waals surface area contributed by atoms with Crippen molar-refractivity contribution in [2.75, 3.05) is 0 Å². The number of hydrogen-bond acceptors (Lipinski definition) is 3. The second-order valence-electron chi connectivity index (χ2n) is 7.47. The maximum Gasteiger partial charge on any atom is 0.145 e. The Morgan fingerprint density at radius 3 is 2.03 bits per heavy atom. The van der Waals surface area contributed by atoms with Crippen molar-refractivity contribution in [1.82, 2.24) is 19.5 Å². The summed E-state index contributed by atoms with van der Waals surface area (Å²) in [5.74, 6) is 0.913. The fourth-order valence-electron chi connectivity index (χ4n) is 4.15. The number of benzene rings is 3. The number of rotatable bonds is 2. The number of hydrogen-bond donors (Lipinski definition) is 0. The molecule has 0 N–H and O–H groups in total. The third-order valence-electron chi connectivity index (χ3n) is 5.55. The number of imidazole rings is 1. The van der Waals surface area contributed by atoms with Gasteiger partial charge in [0.25, 0.3) is 0 Å². The SMILES string of the molecule is Cc1ccc(-n2c(-c3ccccc3)nc3c4cccnc4c4ncccc4c32)cc1. The molecule has 0 saturated carbocycles. The van der Waals surface area contributed by atoms with Crippen LogP contribution < -0.4 is 0 Å². The summed E-state index contributed by atoms with van der Waals surface area (Å²) in [5.41, 5.74) is 7.16. The van der Waals surface area contributed by atoms with E-state index in [1.807, 2.05) is 42.7 Å². The Labute approximate surface area is 173 Å². The fourth-order valence-corrected chi connectivity index (χ4v) is 4.15. The van der Waals surface area contributed by atoms with Gasteiger partial charge in [0.15, 0.2) is 0 Å². The van der Waals surface area contributed by atoms with Crippen LogP contribution in [0.3, 0.4) is 0 Å². The molecule has 0 fully saturated rings. The van der Waals surface area contributed by atoms with E-state index in [9.17, 15) is 0 Å². The largest absolute Gasteiger partial charge is 0.292 e. The summed E-state index contributed by atoms with van der Waals surface area (Å²) in [6.07, 6.45) is 3.64. The number of fused-ring (bicyclic) bond motifs is 6. The first kappa shape index (κ1) is 16.9. The van der Waals surface area contributed by atoms with E-state index in [0.717, 1.165) is 49.9 Å². The molecule has 0 aliphatic carbocycles. The lowest BCUT2D eigenvalue weighted by Gasteiger charge is -2.12. The van der Waals surface area contributed by atoms with Gasteiger partial charge in [0, 0.05) is 34.4 Å². The Kier molecular flexibility index (Phi) is 3.65. The van der Waals surface area contributed by atoms with Crippen LogP contribution in [0.25, 0.3) is 49.9 Å². The molecule has 6 rings (SSSR count). The minimum atomic E-state index is 0.883. The third kappa shape index (κ3) is 2.44. The van der Waals surface area contributed by atoms with Gasteiger partial charge in [0.1, 0.15) is 5.82 Å². The smallest absolute Gasteiger partial charge is 0.145 e. The van der Waals surface area contributed by atoms with Gasteiger partial charge in [-0.15, -0.1) is 0 Å². The second kappa shape index (κ2) is 6.49. The molecule has 0 atom stereocenters. The van der Waals surface area contributed by atoms with Crippen molar-refractivity contribution in [3.8, 4) is 17.1 Å². The van der Waals surface area contributed by atoms with Crippen LogP contribution in [0.5, 0.6) is 0 Å². The molecule has 30 heavy (non-hydrogen) atoms. The van der Waals surface area contributed by atoms with Crippen LogP contribution in [0.2, 0.25) is 0 Å². The highest BCUT2D eigenvalue weighted by Gasteiger charge is 2.20. The average Bonchev–Trinajstić information content (AvgIpc) is 3.21. The predicted octanol–water partition coefficient (Wildman–Crippen LogP) is 6.10. The zero-order valence-electron chi connectivity index (χ0n) is 16.4. The quantitative estimate of drug-likeness (QED) is 0.338. The molecule has 3 aromatic heterocycles. The zero-order chi connectivity index (χ0) is 20.1. The van der Waals surface area contributed by atoms with Crippen molar-refractivity contribution in [2.45, 2.75) is 6.92 Å². The lowest BCUT2D eigenvalue weighted by atomic mass is 10.1. The normalized spacial score (nSPS) is 11.5. The molecule has 0 amide bonds. The van der Waals surface area contributed by atoms with Crippen molar-refractivity contribution < 1.29 is 0 Å². The van der Waals surface area contributed by atoms with Crippen LogP contribution in [-0.4, -0.2) is 19.5 Å². The molecule has 3 aromatic carbocycles. The highest BCUT2D eigenvalue weighted by molar-refractivity contribution is 6.21. The molecule has 0 aliphatic rings. The van der Waals surface area contributed by atoms with E-state index < -0.39 is 0 Å². The summed E-state index contributed by atoms with van der Waals surface area (Å²) in [6, 6.07) is 27.0. The highest BCUT2D eigenvalue weighted by atomic mass is 15.1. The molecule has 0 saturated heterocycles. The minimum absolute atomic E-state index is 0.883. The number of pyridine rings is 2. The molecule has 0 unspecified atom stereocenters. The van der Waals surface area contributed by atoms with Gasteiger partial charge in [-0.3, -0.25) is 14.5 Å². The first-order chi connectivity index (χ1) is 14.8. The molecular weight excluding hydrogens is 368 g/mol. The lowest BCUT2D eigenvalue weighted by Crippen LogP contribution is -1.98. The van der Waals surface area contributed by atoms with Crippen molar-refractivity contribution in [2.24, 2.45) is 0 Å². The maximum atomic E-state index is 5.16. The van der Waals surface area contributed by atoms with Crippen LogP contribution in [0.1, 0.15) is 5.56 Å². The van der Waals surface area contributed by atoms with Crippen molar-refractivity contribution in [3.05, 3.63) is 96.8 Å². The number of nitrogens with zero attached hydrogens (tertiary/aromatic N) is 4. The molecule has 4 nitrogen and oxygen atoms in total. The average molecular weight is 386 g/mol. The van der Waals surface area contributed by atoms with Gasteiger partial charge < -0.3 is 0 Å². The van der Waals surface area contributed by atoms with Crippen molar-refractivity contribution in [1.29, 1.82) is 0 Å². The molecule has 3 heterocycles. The van der Waals surface area contributed by atoms with Crippen LogP contribution in [0.4, 0.5) is 0 Å². The van der Waals surface area contributed by atoms with Gasteiger partial charge in [0.2, 0.25) is 0 Å².